The van der Waals surface area contributed by atoms with E-state index < -0.39 is 9.84 Å². The van der Waals surface area contributed by atoms with Crippen LogP contribution >= 0.6 is 24.0 Å². The standard InChI is InChI=1S/C18H27N3O4S.HI/c1-4-25-17(22)15-9-11-21(12-10-15)18(19-2)20-13-14-5-7-16(8-6-14)26(3,23)24;/h5-8,15H,4,9-13H2,1-3H3,(H,19,20);1H. The number of hydrogen-bond donors (Lipinski definition) is 1. The van der Waals surface area contributed by atoms with Crippen LogP contribution in [0.4, 0.5) is 0 Å². The molecule has 1 fully saturated rings. The van der Waals surface area contributed by atoms with E-state index in [9.17, 15) is 13.2 Å². The Kier molecular flexibility index (Phi) is 9.51. The summed E-state index contributed by atoms with van der Waals surface area (Å²) in [6.45, 7) is 4.28. The Hall–Kier alpha value is -1.36. The molecule has 1 N–H and O–H groups in total. The number of aliphatic imine (C=N–C) groups is 1. The lowest BCUT2D eigenvalue weighted by atomic mass is 9.97. The van der Waals surface area contributed by atoms with Gasteiger partial charge in [0.15, 0.2) is 15.8 Å². The summed E-state index contributed by atoms with van der Waals surface area (Å²) < 4.78 is 28.1. The highest BCUT2D eigenvalue weighted by molar-refractivity contribution is 14.0. The van der Waals surface area contributed by atoms with Crippen molar-refractivity contribution in [2.45, 2.75) is 31.2 Å². The number of nitrogens with zero attached hydrogens (tertiary/aromatic N) is 2. The lowest BCUT2D eigenvalue weighted by molar-refractivity contribution is -0.149. The van der Waals surface area contributed by atoms with Crippen molar-refractivity contribution in [2.75, 3.05) is 33.0 Å². The zero-order valence-corrected chi connectivity index (χ0v) is 19.1. The van der Waals surface area contributed by atoms with Crippen LogP contribution in [0.5, 0.6) is 0 Å². The van der Waals surface area contributed by atoms with Crippen LogP contribution in [-0.4, -0.2) is 58.2 Å². The Morgan fingerprint density at radius 1 is 1.26 bits per heavy atom. The van der Waals surface area contributed by atoms with Gasteiger partial charge in [-0.2, -0.15) is 0 Å². The highest BCUT2D eigenvalue weighted by Crippen LogP contribution is 2.19. The molecule has 0 atom stereocenters. The van der Waals surface area contributed by atoms with E-state index in [1.165, 1.54) is 6.26 Å². The maximum Gasteiger partial charge on any atom is 0.309 e. The highest BCUT2D eigenvalue weighted by atomic mass is 127. The van der Waals surface area contributed by atoms with Crippen LogP contribution in [0.25, 0.3) is 0 Å². The van der Waals surface area contributed by atoms with Crippen molar-refractivity contribution in [2.24, 2.45) is 10.9 Å². The van der Waals surface area contributed by atoms with Gasteiger partial charge in [-0.1, -0.05) is 12.1 Å². The van der Waals surface area contributed by atoms with Crippen LogP contribution in [0, 0.1) is 5.92 Å². The van der Waals surface area contributed by atoms with Gasteiger partial charge in [-0.25, -0.2) is 8.42 Å². The number of piperidine rings is 1. The number of nitrogens with one attached hydrogen (secondary N) is 1. The van der Waals surface area contributed by atoms with Crippen molar-refractivity contribution in [3.05, 3.63) is 29.8 Å². The third kappa shape index (κ3) is 6.95. The second-order valence-electron chi connectivity index (χ2n) is 6.33. The second-order valence-corrected chi connectivity index (χ2v) is 8.35. The van der Waals surface area contributed by atoms with Gasteiger partial charge in [-0.05, 0) is 37.5 Å². The molecule has 1 aliphatic rings. The molecular formula is C18H28IN3O4S. The predicted molar refractivity (Wildman–Crippen MR) is 116 cm³/mol. The van der Waals surface area contributed by atoms with Gasteiger partial charge >= 0.3 is 5.97 Å². The Balaban J connectivity index is 0.00000364. The summed E-state index contributed by atoms with van der Waals surface area (Å²) in [4.78, 5) is 18.6. The summed E-state index contributed by atoms with van der Waals surface area (Å²) in [5.74, 6) is 0.633. The molecule has 0 radical (unpaired) electrons. The van der Waals surface area contributed by atoms with Gasteiger partial charge in [0.1, 0.15) is 0 Å². The minimum absolute atomic E-state index is 0. The van der Waals surface area contributed by atoms with Crippen LogP contribution in [-0.2, 0) is 25.9 Å². The molecule has 1 aliphatic heterocycles. The molecule has 0 unspecified atom stereocenters. The van der Waals surface area contributed by atoms with Crippen molar-refractivity contribution in [1.29, 1.82) is 0 Å². The Morgan fingerprint density at radius 3 is 2.33 bits per heavy atom. The molecule has 152 valence electrons. The smallest absolute Gasteiger partial charge is 0.309 e. The van der Waals surface area contributed by atoms with Crippen molar-refractivity contribution >= 4 is 45.7 Å². The van der Waals surface area contributed by atoms with Gasteiger partial charge in [-0.3, -0.25) is 9.79 Å². The number of halogens is 1. The number of esters is 1. The average molecular weight is 509 g/mol. The molecule has 1 aromatic carbocycles. The minimum Gasteiger partial charge on any atom is -0.466 e. The van der Waals surface area contributed by atoms with Crippen LogP contribution in [0.2, 0.25) is 0 Å². The van der Waals surface area contributed by atoms with E-state index in [0.717, 1.165) is 37.5 Å². The second kappa shape index (κ2) is 10.8. The van der Waals surface area contributed by atoms with Gasteiger partial charge in [0, 0.05) is 32.9 Å². The van der Waals surface area contributed by atoms with E-state index in [2.05, 4.69) is 15.2 Å². The molecule has 9 heteroatoms. The van der Waals surface area contributed by atoms with Gasteiger partial charge in [0.25, 0.3) is 0 Å². The molecule has 1 aromatic rings. The lowest BCUT2D eigenvalue weighted by Gasteiger charge is -2.33. The third-order valence-corrected chi connectivity index (χ3v) is 5.56. The molecule has 0 amide bonds. The van der Waals surface area contributed by atoms with E-state index in [4.69, 9.17) is 4.74 Å². The van der Waals surface area contributed by atoms with E-state index in [1.807, 2.05) is 6.92 Å². The number of benzene rings is 1. The molecule has 0 aromatic heterocycles. The molecule has 0 saturated carbocycles. The van der Waals surface area contributed by atoms with Gasteiger partial charge in [-0.15, -0.1) is 24.0 Å². The number of guanidine groups is 1. The number of carbonyl (C=O) groups excluding carboxylic acids is 1. The summed E-state index contributed by atoms with van der Waals surface area (Å²) in [5.41, 5.74) is 0.972. The maximum absolute atomic E-state index is 11.8. The van der Waals surface area contributed by atoms with Crippen LogP contribution in [0.1, 0.15) is 25.3 Å². The Bertz CT molecular complexity index is 742. The lowest BCUT2D eigenvalue weighted by Crippen LogP contribution is -2.46. The van der Waals surface area contributed by atoms with Crippen molar-refractivity contribution in [3.63, 3.8) is 0 Å². The van der Waals surface area contributed by atoms with Gasteiger partial charge in [0.2, 0.25) is 0 Å². The summed E-state index contributed by atoms with van der Waals surface area (Å²) in [6, 6.07) is 6.81. The molecular weight excluding hydrogens is 481 g/mol. The molecule has 0 spiro atoms. The highest BCUT2D eigenvalue weighted by Gasteiger charge is 2.27. The maximum atomic E-state index is 11.8. The first-order chi connectivity index (χ1) is 12.3. The number of hydrogen-bond acceptors (Lipinski definition) is 5. The van der Waals surface area contributed by atoms with E-state index in [1.54, 1.807) is 31.3 Å². The average Bonchev–Trinajstić information content (AvgIpc) is 2.62. The first-order valence-corrected chi connectivity index (χ1v) is 10.7. The molecule has 27 heavy (non-hydrogen) atoms. The Labute approximate surface area is 178 Å². The predicted octanol–water partition coefficient (Wildman–Crippen LogP) is 2.06. The summed E-state index contributed by atoms with van der Waals surface area (Å²) in [7, 11) is -1.45. The van der Waals surface area contributed by atoms with Crippen LogP contribution in [0.15, 0.2) is 34.2 Å². The van der Waals surface area contributed by atoms with Crippen LogP contribution in [0.3, 0.4) is 0 Å². The normalized spacial score (nSPS) is 15.8. The SMILES string of the molecule is CCOC(=O)C1CCN(C(=NC)NCc2ccc(S(C)(=O)=O)cc2)CC1.I. The van der Waals surface area contributed by atoms with Crippen molar-refractivity contribution in [3.8, 4) is 0 Å². The first-order valence-electron chi connectivity index (χ1n) is 8.76. The fourth-order valence-electron chi connectivity index (χ4n) is 2.96. The Morgan fingerprint density at radius 2 is 1.85 bits per heavy atom. The molecule has 1 heterocycles. The van der Waals surface area contributed by atoms with E-state index in [-0.39, 0.29) is 35.9 Å². The van der Waals surface area contributed by atoms with E-state index >= 15 is 0 Å². The molecule has 0 bridgehead atoms. The zero-order valence-electron chi connectivity index (χ0n) is 16.0. The number of likely N-dealkylation sites (tertiary alicyclic amines) is 1. The summed E-state index contributed by atoms with van der Waals surface area (Å²) >= 11 is 0. The van der Waals surface area contributed by atoms with Crippen LogP contribution < -0.4 is 5.32 Å². The number of ether oxygens (including phenoxy) is 1. The fourth-order valence-corrected chi connectivity index (χ4v) is 3.59. The number of rotatable bonds is 5. The molecule has 1 saturated heterocycles. The minimum atomic E-state index is -3.18. The third-order valence-electron chi connectivity index (χ3n) is 4.43. The summed E-state index contributed by atoms with van der Waals surface area (Å²) in [5, 5.41) is 3.29. The number of carbonyl (C=O) groups is 1. The van der Waals surface area contributed by atoms with Gasteiger partial charge in [0.05, 0.1) is 17.4 Å². The van der Waals surface area contributed by atoms with Crippen molar-refractivity contribution < 1.29 is 17.9 Å². The number of sulfone groups is 1. The zero-order chi connectivity index (χ0) is 19.2. The molecule has 0 aliphatic carbocycles. The largest absolute Gasteiger partial charge is 0.466 e. The van der Waals surface area contributed by atoms with Crippen molar-refractivity contribution in [1.82, 2.24) is 10.2 Å². The topological polar surface area (TPSA) is 88.1 Å². The van der Waals surface area contributed by atoms with E-state index in [0.29, 0.717) is 18.0 Å². The first kappa shape index (κ1) is 23.7. The molecule has 2 rings (SSSR count). The quantitative estimate of drug-likeness (QED) is 0.283. The van der Waals surface area contributed by atoms with Gasteiger partial charge < -0.3 is 15.0 Å². The summed E-state index contributed by atoms with van der Waals surface area (Å²) in [6.07, 6.45) is 2.70. The monoisotopic (exact) mass is 509 g/mol. The fraction of sp³-hybridized carbons (Fsp3) is 0.556. The molecule has 7 nitrogen and oxygen atoms in total.